The van der Waals surface area contributed by atoms with Crippen molar-refractivity contribution in [3.63, 3.8) is 0 Å². The summed E-state index contributed by atoms with van der Waals surface area (Å²) in [6.45, 7) is 2.79. The van der Waals surface area contributed by atoms with E-state index in [1.807, 2.05) is 0 Å². The predicted octanol–water partition coefficient (Wildman–Crippen LogP) is 1.73. The van der Waals surface area contributed by atoms with E-state index in [2.05, 4.69) is 0 Å². The van der Waals surface area contributed by atoms with Gasteiger partial charge in [-0.3, -0.25) is 4.79 Å². The molecule has 0 saturated carbocycles. The van der Waals surface area contributed by atoms with Crippen molar-refractivity contribution < 1.29 is 9.18 Å². The van der Waals surface area contributed by atoms with Crippen molar-refractivity contribution >= 4 is 18.3 Å². The molecule has 3 nitrogen and oxygen atoms in total. The number of halogens is 2. The van der Waals surface area contributed by atoms with Gasteiger partial charge in [0.15, 0.2) is 0 Å². The minimum Gasteiger partial charge on any atom is -0.337 e. The predicted molar refractivity (Wildman–Crippen MR) is 66.9 cm³/mol. The van der Waals surface area contributed by atoms with Crippen LogP contribution < -0.4 is 5.73 Å². The van der Waals surface area contributed by atoms with Crippen molar-refractivity contribution in [3.8, 4) is 0 Å². The molecule has 0 radical (unpaired) electrons. The molecule has 1 amide bonds. The highest BCUT2D eigenvalue weighted by Crippen LogP contribution is 2.17. The molecule has 1 aromatic rings. The molecule has 94 valence electrons. The second kappa shape index (κ2) is 5.47. The van der Waals surface area contributed by atoms with E-state index in [0.717, 1.165) is 6.42 Å². The van der Waals surface area contributed by atoms with E-state index < -0.39 is 5.82 Å². The first-order chi connectivity index (χ1) is 7.59. The molecular weight excluding hydrogens is 243 g/mol. The molecule has 17 heavy (non-hydrogen) atoms. The highest BCUT2D eigenvalue weighted by Gasteiger charge is 2.26. The minimum atomic E-state index is -0.423. The van der Waals surface area contributed by atoms with Gasteiger partial charge >= 0.3 is 0 Å². The second-order valence-corrected chi connectivity index (χ2v) is 4.24. The summed E-state index contributed by atoms with van der Waals surface area (Å²) in [5.41, 5.74) is 6.36. The summed E-state index contributed by atoms with van der Waals surface area (Å²) in [4.78, 5) is 13.6. The zero-order valence-corrected chi connectivity index (χ0v) is 10.5. The summed E-state index contributed by atoms with van der Waals surface area (Å²) >= 11 is 0. The highest BCUT2D eigenvalue weighted by molar-refractivity contribution is 5.94. The summed E-state index contributed by atoms with van der Waals surface area (Å²) in [6.07, 6.45) is 0.791. The molecule has 1 aromatic carbocycles. The number of carbonyl (C=O) groups is 1. The number of hydrogen-bond acceptors (Lipinski definition) is 2. The molecule has 2 rings (SSSR count). The van der Waals surface area contributed by atoms with Crippen molar-refractivity contribution in [3.05, 3.63) is 35.1 Å². The van der Waals surface area contributed by atoms with E-state index >= 15 is 0 Å². The van der Waals surface area contributed by atoms with Crippen LogP contribution in [0.1, 0.15) is 22.3 Å². The van der Waals surface area contributed by atoms with Gasteiger partial charge < -0.3 is 10.6 Å². The van der Waals surface area contributed by atoms with Crippen LogP contribution in [0.3, 0.4) is 0 Å². The maximum Gasteiger partial charge on any atom is 0.256 e. The van der Waals surface area contributed by atoms with E-state index in [9.17, 15) is 9.18 Å². The molecule has 2 N–H and O–H groups in total. The molecule has 1 saturated heterocycles. The van der Waals surface area contributed by atoms with Gasteiger partial charge in [0.1, 0.15) is 5.82 Å². The standard InChI is InChI=1S/C12H15FN2O.ClH/c1-8-3-2-4-10(11(8)13)12(16)15-6-5-9(14)7-15;/h2-4,9H,5-7,14H2,1H3;1H/t9-;/m0./s1. The maximum absolute atomic E-state index is 13.7. The van der Waals surface area contributed by atoms with E-state index in [-0.39, 0.29) is 29.9 Å². The molecule has 0 aromatic heterocycles. The van der Waals surface area contributed by atoms with Gasteiger partial charge in [0.25, 0.3) is 5.91 Å². The molecule has 1 heterocycles. The zero-order valence-electron chi connectivity index (χ0n) is 9.65. The van der Waals surface area contributed by atoms with Gasteiger partial charge in [-0.2, -0.15) is 0 Å². The molecule has 0 bridgehead atoms. The lowest BCUT2D eigenvalue weighted by molar-refractivity contribution is 0.0786. The van der Waals surface area contributed by atoms with E-state index in [1.54, 1.807) is 24.0 Å². The smallest absolute Gasteiger partial charge is 0.256 e. The van der Waals surface area contributed by atoms with Gasteiger partial charge in [-0.25, -0.2) is 4.39 Å². The van der Waals surface area contributed by atoms with Crippen LogP contribution >= 0.6 is 12.4 Å². The average molecular weight is 259 g/mol. The Bertz CT molecular complexity index is 425. The van der Waals surface area contributed by atoms with E-state index in [0.29, 0.717) is 18.7 Å². The third-order valence-corrected chi connectivity index (χ3v) is 2.93. The molecule has 0 unspecified atom stereocenters. The Balaban J connectivity index is 0.00000144. The van der Waals surface area contributed by atoms with Crippen molar-refractivity contribution in [2.75, 3.05) is 13.1 Å². The zero-order chi connectivity index (χ0) is 11.7. The van der Waals surface area contributed by atoms with Crippen molar-refractivity contribution in [1.29, 1.82) is 0 Å². The Labute approximate surface area is 106 Å². The SMILES string of the molecule is Cc1cccc(C(=O)N2CC[C@H](N)C2)c1F.Cl. The fourth-order valence-corrected chi connectivity index (χ4v) is 1.95. The number of hydrogen-bond donors (Lipinski definition) is 1. The first kappa shape index (κ1) is 13.9. The quantitative estimate of drug-likeness (QED) is 0.834. The molecule has 1 fully saturated rings. The Morgan fingerprint density at radius 2 is 2.24 bits per heavy atom. The Morgan fingerprint density at radius 1 is 1.53 bits per heavy atom. The van der Waals surface area contributed by atoms with Gasteiger partial charge in [-0.1, -0.05) is 12.1 Å². The lowest BCUT2D eigenvalue weighted by Gasteiger charge is -2.16. The first-order valence-corrected chi connectivity index (χ1v) is 5.39. The van der Waals surface area contributed by atoms with Gasteiger partial charge in [0.2, 0.25) is 0 Å². The fraction of sp³-hybridized carbons (Fsp3) is 0.417. The van der Waals surface area contributed by atoms with Crippen LogP contribution in [-0.2, 0) is 0 Å². The molecule has 1 atom stereocenters. The third-order valence-electron chi connectivity index (χ3n) is 2.93. The second-order valence-electron chi connectivity index (χ2n) is 4.24. The molecule has 1 aliphatic rings. The Kier molecular flexibility index (Phi) is 4.48. The summed E-state index contributed by atoms with van der Waals surface area (Å²) in [6, 6.07) is 4.90. The van der Waals surface area contributed by atoms with Crippen LogP contribution in [0.2, 0.25) is 0 Å². The number of carbonyl (C=O) groups excluding carboxylic acids is 1. The fourth-order valence-electron chi connectivity index (χ4n) is 1.95. The monoisotopic (exact) mass is 258 g/mol. The summed E-state index contributed by atoms with van der Waals surface area (Å²) in [7, 11) is 0. The summed E-state index contributed by atoms with van der Waals surface area (Å²) in [5, 5.41) is 0. The number of amides is 1. The van der Waals surface area contributed by atoms with Crippen LogP contribution in [0.4, 0.5) is 4.39 Å². The average Bonchev–Trinajstić information content (AvgIpc) is 2.68. The summed E-state index contributed by atoms with van der Waals surface area (Å²) in [5.74, 6) is -0.679. The highest BCUT2D eigenvalue weighted by atomic mass is 35.5. The van der Waals surface area contributed by atoms with Crippen molar-refractivity contribution in [2.45, 2.75) is 19.4 Å². The van der Waals surface area contributed by atoms with E-state index in [1.165, 1.54) is 6.07 Å². The molecule has 1 aliphatic heterocycles. The number of nitrogens with two attached hydrogens (primary N) is 1. The Morgan fingerprint density at radius 3 is 2.82 bits per heavy atom. The van der Waals surface area contributed by atoms with Crippen LogP contribution in [0, 0.1) is 12.7 Å². The van der Waals surface area contributed by atoms with Gasteiger partial charge in [-0.05, 0) is 25.0 Å². The Hall–Kier alpha value is -1.13. The molecule has 5 heteroatoms. The van der Waals surface area contributed by atoms with Crippen molar-refractivity contribution in [1.82, 2.24) is 4.90 Å². The topological polar surface area (TPSA) is 46.3 Å². The van der Waals surface area contributed by atoms with Crippen LogP contribution in [0.15, 0.2) is 18.2 Å². The largest absolute Gasteiger partial charge is 0.337 e. The molecule has 0 spiro atoms. The molecular formula is C12H16ClFN2O. The van der Waals surface area contributed by atoms with Gasteiger partial charge in [-0.15, -0.1) is 12.4 Å². The minimum absolute atomic E-state index is 0. The lowest BCUT2D eigenvalue weighted by Crippen LogP contribution is -2.32. The maximum atomic E-state index is 13.7. The first-order valence-electron chi connectivity index (χ1n) is 5.39. The number of likely N-dealkylation sites (tertiary alicyclic amines) is 1. The van der Waals surface area contributed by atoms with Gasteiger partial charge in [0.05, 0.1) is 5.56 Å². The number of benzene rings is 1. The third kappa shape index (κ3) is 2.76. The number of nitrogens with zero attached hydrogens (tertiary/aromatic N) is 1. The van der Waals surface area contributed by atoms with Crippen LogP contribution in [-0.4, -0.2) is 29.9 Å². The van der Waals surface area contributed by atoms with E-state index in [4.69, 9.17) is 5.73 Å². The van der Waals surface area contributed by atoms with Gasteiger partial charge in [0, 0.05) is 19.1 Å². The lowest BCUT2D eigenvalue weighted by atomic mass is 10.1. The number of rotatable bonds is 1. The molecule has 0 aliphatic carbocycles. The normalized spacial score (nSPS) is 19.0. The van der Waals surface area contributed by atoms with Crippen LogP contribution in [0.25, 0.3) is 0 Å². The number of aryl methyl sites for hydroxylation is 1. The van der Waals surface area contributed by atoms with Crippen LogP contribution in [0.5, 0.6) is 0 Å². The van der Waals surface area contributed by atoms with Crippen molar-refractivity contribution in [2.24, 2.45) is 5.73 Å². The summed E-state index contributed by atoms with van der Waals surface area (Å²) < 4.78 is 13.7.